The summed E-state index contributed by atoms with van der Waals surface area (Å²) in [6.07, 6.45) is 0. The van der Waals surface area contributed by atoms with Crippen molar-refractivity contribution in [2.24, 2.45) is 0 Å². The van der Waals surface area contributed by atoms with Gasteiger partial charge in [0.1, 0.15) is 5.75 Å². The highest BCUT2D eigenvalue weighted by atomic mass is 32.1. The van der Waals surface area contributed by atoms with Gasteiger partial charge in [-0.05, 0) is 67.9 Å². The Morgan fingerprint density at radius 3 is 2.36 bits per heavy atom. The van der Waals surface area contributed by atoms with E-state index in [0.717, 1.165) is 48.3 Å². The van der Waals surface area contributed by atoms with Crippen LogP contribution in [-0.2, 0) is 0 Å². The van der Waals surface area contributed by atoms with Crippen LogP contribution < -0.4 is 15.0 Å². The van der Waals surface area contributed by atoms with Crippen LogP contribution in [0.15, 0.2) is 43.0 Å². The molecular weight excluding hydrogens is 366 g/mol. The van der Waals surface area contributed by atoms with E-state index in [4.69, 9.17) is 17.0 Å². The zero-order valence-corrected chi connectivity index (χ0v) is 18.0. The number of thiocarbonyl (C=S) groups is 1. The van der Waals surface area contributed by atoms with Crippen LogP contribution in [0.4, 0.5) is 11.4 Å². The van der Waals surface area contributed by atoms with E-state index in [9.17, 15) is 0 Å². The number of ether oxygens (including phenoxy) is 1. The molecule has 1 aliphatic heterocycles. The first kappa shape index (κ1) is 20.2. The number of nitrogens with zero attached hydrogens (tertiary/aromatic N) is 2. The monoisotopic (exact) mass is 395 g/mol. The zero-order valence-electron chi connectivity index (χ0n) is 17.2. The number of anilines is 2. The molecule has 1 aliphatic rings. The molecule has 2 aromatic carbocycles. The molecule has 0 aromatic heterocycles. The fraction of sp³-hybridized carbons (Fsp3) is 0.348. The van der Waals surface area contributed by atoms with Gasteiger partial charge in [0.15, 0.2) is 5.11 Å². The van der Waals surface area contributed by atoms with Gasteiger partial charge in [0.2, 0.25) is 0 Å². The lowest BCUT2D eigenvalue weighted by atomic mass is 10.1. The standard InChI is InChI=1S/C23H29N3OS/c1-16(2)19-8-6-7-9-21(19)25-10-12-26(13-11-25)23(28)24-20-14-17(3)18(4)15-22(20)27-5/h6-9,14-15H,1,10-13H2,2-5H3,(H,24,28). The Bertz CT molecular complexity index is 885. The van der Waals surface area contributed by atoms with Gasteiger partial charge in [-0.2, -0.15) is 0 Å². The van der Waals surface area contributed by atoms with Crippen molar-refractivity contribution in [3.63, 3.8) is 0 Å². The third-order valence-corrected chi connectivity index (χ3v) is 5.69. The van der Waals surface area contributed by atoms with Gasteiger partial charge in [-0.3, -0.25) is 0 Å². The third-order valence-electron chi connectivity index (χ3n) is 5.33. The Morgan fingerprint density at radius 2 is 1.71 bits per heavy atom. The fourth-order valence-corrected chi connectivity index (χ4v) is 3.80. The molecule has 1 N–H and O–H groups in total. The van der Waals surface area contributed by atoms with Gasteiger partial charge in [-0.1, -0.05) is 24.8 Å². The Labute approximate surface area is 173 Å². The summed E-state index contributed by atoms with van der Waals surface area (Å²) < 4.78 is 5.52. The Kier molecular flexibility index (Phi) is 6.25. The minimum Gasteiger partial charge on any atom is -0.495 e. The summed E-state index contributed by atoms with van der Waals surface area (Å²) in [5, 5.41) is 4.13. The van der Waals surface area contributed by atoms with E-state index in [1.165, 1.54) is 22.4 Å². The number of rotatable bonds is 4. The van der Waals surface area contributed by atoms with E-state index >= 15 is 0 Å². The summed E-state index contributed by atoms with van der Waals surface area (Å²) in [6, 6.07) is 12.6. The van der Waals surface area contributed by atoms with Crippen LogP contribution in [0.5, 0.6) is 5.75 Å². The number of piperazine rings is 1. The van der Waals surface area contributed by atoms with Gasteiger partial charge in [-0.25, -0.2) is 0 Å². The molecule has 4 nitrogen and oxygen atoms in total. The van der Waals surface area contributed by atoms with Crippen molar-refractivity contribution >= 4 is 34.3 Å². The molecule has 5 heteroatoms. The van der Waals surface area contributed by atoms with Crippen molar-refractivity contribution in [2.45, 2.75) is 20.8 Å². The number of hydrogen-bond acceptors (Lipinski definition) is 3. The van der Waals surface area contributed by atoms with Gasteiger partial charge in [0, 0.05) is 37.4 Å². The van der Waals surface area contributed by atoms with Gasteiger partial charge < -0.3 is 19.9 Å². The summed E-state index contributed by atoms with van der Waals surface area (Å²) >= 11 is 5.69. The molecule has 0 saturated carbocycles. The third kappa shape index (κ3) is 4.30. The van der Waals surface area contributed by atoms with Crippen LogP contribution in [0, 0.1) is 13.8 Å². The van der Waals surface area contributed by atoms with Gasteiger partial charge >= 0.3 is 0 Å². The van der Waals surface area contributed by atoms with E-state index in [1.54, 1.807) is 7.11 Å². The Morgan fingerprint density at radius 1 is 1.07 bits per heavy atom. The normalized spacial score (nSPS) is 14.0. The average molecular weight is 396 g/mol. The number of benzene rings is 2. The quantitative estimate of drug-likeness (QED) is 0.746. The molecule has 0 amide bonds. The summed E-state index contributed by atoms with van der Waals surface area (Å²) in [7, 11) is 1.69. The van der Waals surface area contributed by atoms with Gasteiger partial charge in [0.25, 0.3) is 0 Å². The summed E-state index contributed by atoms with van der Waals surface area (Å²) in [5.74, 6) is 0.819. The van der Waals surface area contributed by atoms with Crippen LogP contribution in [0.1, 0.15) is 23.6 Å². The lowest BCUT2D eigenvalue weighted by molar-refractivity contribution is 0.390. The van der Waals surface area contributed by atoms with Crippen molar-refractivity contribution in [1.82, 2.24) is 4.90 Å². The maximum atomic E-state index is 5.69. The van der Waals surface area contributed by atoms with Crippen molar-refractivity contribution in [2.75, 3.05) is 43.5 Å². The fourth-order valence-electron chi connectivity index (χ4n) is 3.51. The predicted octanol–water partition coefficient (Wildman–Crippen LogP) is 4.86. The van der Waals surface area contributed by atoms with Crippen LogP contribution in [-0.4, -0.2) is 43.3 Å². The van der Waals surface area contributed by atoms with Gasteiger partial charge in [-0.15, -0.1) is 0 Å². The van der Waals surface area contributed by atoms with Crippen LogP contribution in [0.3, 0.4) is 0 Å². The smallest absolute Gasteiger partial charge is 0.173 e. The number of nitrogens with one attached hydrogen (secondary N) is 1. The van der Waals surface area contributed by atoms with Crippen molar-refractivity contribution in [3.8, 4) is 5.75 Å². The number of allylic oxidation sites excluding steroid dienone is 1. The zero-order chi connectivity index (χ0) is 20.3. The number of hydrogen-bond donors (Lipinski definition) is 1. The second kappa shape index (κ2) is 8.65. The molecule has 0 aliphatic carbocycles. The van der Waals surface area contributed by atoms with Crippen LogP contribution in [0.25, 0.3) is 5.57 Å². The van der Waals surface area contributed by atoms with Crippen LogP contribution >= 0.6 is 12.2 Å². The Balaban J connectivity index is 1.67. The highest BCUT2D eigenvalue weighted by Gasteiger charge is 2.21. The molecule has 0 atom stereocenters. The van der Waals surface area contributed by atoms with E-state index in [-0.39, 0.29) is 0 Å². The first-order valence-corrected chi connectivity index (χ1v) is 10.0. The maximum absolute atomic E-state index is 5.69. The molecule has 0 bridgehead atoms. The molecule has 0 unspecified atom stereocenters. The molecule has 1 saturated heterocycles. The highest BCUT2D eigenvalue weighted by molar-refractivity contribution is 7.80. The molecular formula is C23H29N3OS. The number of methoxy groups -OCH3 is 1. The molecule has 3 rings (SSSR count). The molecule has 1 heterocycles. The summed E-state index contributed by atoms with van der Waals surface area (Å²) in [4.78, 5) is 4.64. The van der Waals surface area contributed by atoms with Gasteiger partial charge in [0.05, 0.1) is 12.8 Å². The maximum Gasteiger partial charge on any atom is 0.173 e. The molecule has 1 fully saturated rings. The van der Waals surface area contributed by atoms with E-state index in [2.05, 4.69) is 72.8 Å². The largest absolute Gasteiger partial charge is 0.495 e. The van der Waals surface area contributed by atoms with E-state index in [0.29, 0.717) is 0 Å². The first-order valence-electron chi connectivity index (χ1n) is 9.61. The highest BCUT2D eigenvalue weighted by Crippen LogP contribution is 2.29. The predicted molar refractivity (Wildman–Crippen MR) is 124 cm³/mol. The minimum atomic E-state index is 0.745. The van der Waals surface area contributed by atoms with Crippen molar-refractivity contribution < 1.29 is 4.74 Å². The number of para-hydroxylation sites is 1. The SMILES string of the molecule is C=C(C)c1ccccc1N1CCN(C(=S)Nc2cc(C)c(C)cc2OC)CC1. The second-order valence-electron chi connectivity index (χ2n) is 7.34. The molecule has 0 radical (unpaired) electrons. The lowest BCUT2D eigenvalue weighted by Crippen LogP contribution is -2.50. The van der Waals surface area contributed by atoms with E-state index in [1.807, 2.05) is 6.07 Å². The average Bonchev–Trinajstić information content (AvgIpc) is 2.70. The second-order valence-corrected chi connectivity index (χ2v) is 7.73. The summed E-state index contributed by atoms with van der Waals surface area (Å²) in [6.45, 7) is 14.0. The van der Waals surface area contributed by atoms with E-state index < -0.39 is 0 Å². The summed E-state index contributed by atoms with van der Waals surface area (Å²) in [5.41, 5.74) is 6.91. The number of aryl methyl sites for hydroxylation is 2. The molecule has 148 valence electrons. The first-order chi connectivity index (χ1) is 13.4. The molecule has 28 heavy (non-hydrogen) atoms. The van der Waals surface area contributed by atoms with Crippen molar-refractivity contribution in [3.05, 3.63) is 59.7 Å². The molecule has 0 spiro atoms. The topological polar surface area (TPSA) is 27.7 Å². The Hall–Kier alpha value is -2.53. The molecule has 2 aromatic rings. The van der Waals surface area contributed by atoms with Crippen LogP contribution in [0.2, 0.25) is 0 Å². The minimum absolute atomic E-state index is 0.745. The van der Waals surface area contributed by atoms with Crippen molar-refractivity contribution in [1.29, 1.82) is 0 Å². The lowest BCUT2D eigenvalue weighted by Gasteiger charge is -2.38.